The van der Waals surface area contributed by atoms with Gasteiger partial charge in [0, 0.05) is 13.1 Å². The fraction of sp³-hybridized carbons (Fsp3) is 0.462. The summed E-state index contributed by atoms with van der Waals surface area (Å²) in [5.74, 6) is -0.691. The number of morpholine rings is 1. The number of benzene rings is 1. The molecule has 1 saturated heterocycles. The standard InChI is InChI=1S/C13H16ClFN2O3/c14-11-5-9(15)1-2-12(11)16-13(19)7-17-3-4-20-10(6-17)8-18/h1-2,5,10,18H,3-4,6-8H2,(H,16,19). The summed E-state index contributed by atoms with van der Waals surface area (Å²) in [6.07, 6.45) is -0.258. The van der Waals surface area contributed by atoms with Gasteiger partial charge in [-0.1, -0.05) is 11.6 Å². The molecule has 0 spiro atoms. The van der Waals surface area contributed by atoms with Gasteiger partial charge in [0.05, 0.1) is 36.6 Å². The molecule has 7 heteroatoms. The van der Waals surface area contributed by atoms with Gasteiger partial charge in [0.15, 0.2) is 0 Å². The summed E-state index contributed by atoms with van der Waals surface area (Å²) >= 11 is 5.84. The molecule has 2 rings (SSSR count). The van der Waals surface area contributed by atoms with Crippen LogP contribution in [0.2, 0.25) is 5.02 Å². The molecule has 0 aromatic heterocycles. The summed E-state index contributed by atoms with van der Waals surface area (Å²) in [6, 6.07) is 3.80. The largest absolute Gasteiger partial charge is 0.394 e. The lowest BCUT2D eigenvalue weighted by Crippen LogP contribution is -2.46. The fourth-order valence-corrected chi connectivity index (χ4v) is 2.23. The third kappa shape index (κ3) is 4.14. The number of ether oxygens (including phenoxy) is 1. The maximum atomic E-state index is 12.9. The lowest BCUT2D eigenvalue weighted by molar-refractivity contribution is -0.120. The van der Waals surface area contributed by atoms with Gasteiger partial charge in [0.25, 0.3) is 0 Å². The maximum Gasteiger partial charge on any atom is 0.238 e. The number of anilines is 1. The summed E-state index contributed by atoms with van der Waals surface area (Å²) in [7, 11) is 0. The van der Waals surface area contributed by atoms with Gasteiger partial charge in [-0.25, -0.2) is 4.39 Å². The Morgan fingerprint density at radius 1 is 1.60 bits per heavy atom. The molecule has 1 heterocycles. The summed E-state index contributed by atoms with van der Waals surface area (Å²) in [5, 5.41) is 11.8. The van der Waals surface area contributed by atoms with Crippen molar-refractivity contribution in [3.8, 4) is 0 Å². The normalized spacial score (nSPS) is 19.9. The van der Waals surface area contributed by atoms with Crippen LogP contribution in [-0.2, 0) is 9.53 Å². The second-order valence-electron chi connectivity index (χ2n) is 4.58. The monoisotopic (exact) mass is 302 g/mol. The molecule has 1 aliphatic rings. The van der Waals surface area contributed by atoms with Crippen molar-refractivity contribution >= 4 is 23.2 Å². The third-order valence-corrected chi connectivity index (χ3v) is 3.31. The van der Waals surface area contributed by atoms with Crippen molar-refractivity contribution in [2.75, 3.05) is 38.2 Å². The van der Waals surface area contributed by atoms with Crippen molar-refractivity contribution in [3.05, 3.63) is 29.0 Å². The Balaban J connectivity index is 1.88. The molecular formula is C13H16ClFN2O3. The van der Waals surface area contributed by atoms with Crippen LogP contribution in [0.25, 0.3) is 0 Å². The van der Waals surface area contributed by atoms with Crippen LogP contribution in [0.1, 0.15) is 0 Å². The average Bonchev–Trinajstić information content (AvgIpc) is 2.42. The van der Waals surface area contributed by atoms with E-state index in [1.54, 1.807) is 0 Å². The lowest BCUT2D eigenvalue weighted by atomic mass is 10.2. The molecule has 1 aromatic rings. The highest BCUT2D eigenvalue weighted by Crippen LogP contribution is 2.22. The number of hydrogen-bond donors (Lipinski definition) is 2. The second kappa shape index (κ2) is 6.99. The van der Waals surface area contributed by atoms with Gasteiger partial charge < -0.3 is 15.2 Å². The zero-order chi connectivity index (χ0) is 14.5. The third-order valence-electron chi connectivity index (χ3n) is 3.00. The summed E-state index contributed by atoms with van der Waals surface area (Å²) < 4.78 is 18.2. The molecule has 1 aromatic carbocycles. The van der Waals surface area contributed by atoms with Crippen molar-refractivity contribution in [3.63, 3.8) is 0 Å². The zero-order valence-corrected chi connectivity index (χ0v) is 11.6. The number of halogens is 2. The van der Waals surface area contributed by atoms with Crippen molar-refractivity contribution in [2.24, 2.45) is 0 Å². The van der Waals surface area contributed by atoms with Gasteiger partial charge >= 0.3 is 0 Å². The molecule has 0 radical (unpaired) electrons. The van der Waals surface area contributed by atoms with E-state index in [1.807, 2.05) is 4.90 Å². The summed E-state index contributed by atoms with van der Waals surface area (Å²) in [5.41, 5.74) is 0.380. The van der Waals surface area contributed by atoms with Crippen LogP contribution in [0.15, 0.2) is 18.2 Å². The molecule has 1 fully saturated rings. The Morgan fingerprint density at radius 2 is 2.40 bits per heavy atom. The highest BCUT2D eigenvalue weighted by atomic mass is 35.5. The first-order valence-electron chi connectivity index (χ1n) is 6.28. The van der Waals surface area contributed by atoms with E-state index in [2.05, 4.69) is 5.32 Å². The molecule has 0 saturated carbocycles. The van der Waals surface area contributed by atoms with Crippen LogP contribution in [0, 0.1) is 5.82 Å². The number of carbonyl (C=O) groups is 1. The van der Waals surface area contributed by atoms with Crippen molar-refractivity contribution in [2.45, 2.75) is 6.10 Å². The Bertz CT molecular complexity index is 487. The molecule has 0 aliphatic carbocycles. The quantitative estimate of drug-likeness (QED) is 0.875. The number of carbonyl (C=O) groups excluding carboxylic acids is 1. The molecule has 1 amide bonds. The van der Waals surface area contributed by atoms with Gasteiger partial charge in [-0.2, -0.15) is 0 Å². The van der Waals surface area contributed by atoms with Gasteiger partial charge in [0.2, 0.25) is 5.91 Å². The van der Waals surface area contributed by atoms with E-state index in [4.69, 9.17) is 21.4 Å². The predicted molar refractivity (Wildman–Crippen MR) is 73.3 cm³/mol. The number of amides is 1. The molecule has 1 aliphatic heterocycles. The number of nitrogens with one attached hydrogen (secondary N) is 1. The van der Waals surface area contributed by atoms with Gasteiger partial charge in [-0.05, 0) is 18.2 Å². The van der Waals surface area contributed by atoms with Gasteiger partial charge in [0.1, 0.15) is 5.82 Å². The minimum Gasteiger partial charge on any atom is -0.394 e. The highest BCUT2D eigenvalue weighted by molar-refractivity contribution is 6.33. The van der Waals surface area contributed by atoms with Gasteiger partial charge in [-0.15, -0.1) is 0 Å². The van der Waals surface area contributed by atoms with E-state index in [-0.39, 0.29) is 30.2 Å². The molecular weight excluding hydrogens is 287 g/mol. The van der Waals surface area contributed by atoms with E-state index in [1.165, 1.54) is 12.1 Å². The predicted octanol–water partition coefficient (Wildman–Crippen LogP) is 1.11. The first-order chi connectivity index (χ1) is 9.58. The maximum absolute atomic E-state index is 12.9. The van der Waals surface area contributed by atoms with E-state index in [9.17, 15) is 9.18 Å². The first kappa shape index (κ1) is 15.2. The van der Waals surface area contributed by atoms with Gasteiger partial charge in [-0.3, -0.25) is 9.69 Å². The van der Waals surface area contributed by atoms with Crippen LogP contribution in [0.5, 0.6) is 0 Å². The number of hydrogen-bond acceptors (Lipinski definition) is 4. The Labute approximate surface area is 121 Å². The zero-order valence-electron chi connectivity index (χ0n) is 10.8. The molecule has 2 N–H and O–H groups in total. The summed E-state index contributed by atoms with van der Waals surface area (Å²) in [6.45, 7) is 1.72. The minimum absolute atomic E-state index is 0.0676. The van der Waals surface area contributed by atoms with Crippen LogP contribution < -0.4 is 5.32 Å². The smallest absolute Gasteiger partial charge is 0.238 e. The molecule has 0 bridgehead atoms. The van der Waals surface area contributed by atoms with Crippen LogP contribution >= 0.6 is 11.6 Å². The van der Waals surface area contributed by atoms with Crippen molar-refractivity contribution in [1.82, 2.24) is 4.90 Å². The van der Waals surface area contributed by atoms with Crippen LogP contribution in [0.4, 0.5) is 10.1 Å². The Kier molecular flexibility index (Phi) is 5.31. The average molecular weight is 303 g/mol. The van der Waals surface area contributed by atoms with Crippen LogP contribution in [0.3, 0.4) is 0 Å². The minimum atomic E-state index is -0.452. The van der Waals surface area contributed by atoms with Crippen molar-refractivity contribution < 1.29 is 19.0 Å². The van der Waals surface area contributed by atoms with E-state index in [0.29, 0.717) is 25.4 Å². The molecule has 20 heavy (non-hydrogen) atoms. The lowest BCUT2D eigenvalue weighted by Gasteiger charge is -2.31. The van der Waals surface area contributed by atoms with Crippen LogP contribution in [-0.4, -0.2) is 54.9 Å². The molecule has 5 nitrogen and oxygen atoms in total. The van der Waals surface area contributed by atoms with E-state index >= 15 is 0 Å². The summed E-state index contributed by atoms with van der Waals surface area (Å²) in [4.78, 5) is 13.8. The van der Waals surface area contributed by atoms with E-state index in [0.717, 1.165) is 6.07 Å². The highest BCUT2D eigenvalue weighted by Gasteiger charge is 2.21. The SMILES string of the molecule is O=C(CN1CCOC(CO)C1)Nc1ccc(F)cc1Cl. The number of rotatable bonds is 4. The Morgan fingerprint density at radius 3 is 3.10 bits per heavy atom. The topological polar surface area (TPSA) is 61.8 Å². The number of aliphatic hydroxyl groups excluding tert-OH is 1. The first-order valence-corrected chi connectivity index (χ1v) is 6.66. The second-order valence-corrected chi connectivity index (χ2v) is 4.99. The molecule has 110 valence electrons. The Hall–Kier alpha value is -1.21. The molecule has 1 unspecified atom stereocenters. The number of aliphatic hydroxyl groups is 1. The van der Waals surface area contributed by atoms with Crippen molar-refractivity contribution in [1.29, 1.82) is 0 Å². The fourth-order valence-electron chi connectivity index (χ4n) is 2.02. The number of nitrogens with zero attached hydrogens (tertiary/aromatic N) is 1. The molecule has 1 atom stereocenters. The van der Waals surface area contributed by atoms with E-state index < -0.39 is 5.82 Å².